The number of amides is 1. The topological polar surface area (TPSA) is 72.5 Å². The zero-order valence-corrected chi connectivity index (χ0v) is 28.4. The first-order chi connectivity index (χ1) is 19.4. The van der Waals surface area contributed by atoms with E-state index in [1.54, 1.807) is 0 Å². The second kappa shape index (κ2) is 10.2. The lowest BCUT2D eigenvalue weighted by molar-refractivity contribution is -0.186. The Bertz CT molecular complexity index is 1170. The lowest BCUT2D eigenvalue weighted by Gasteiger charge is -2.70. The zero-order valence-electron chi connectivity index (χ0n) is 28.4. The van der Waals surface area contributed by atoms with Gasteiger partial charge >= 0.3 is 5.97 Å². The summed E-state index contributed by atoms with van der Waals surface area (Å²) in [6.07, 6.45) is 13.2. The van der Waals surface area contributed by atoms with E-state index in [1.807, 2.05) is 6.92 Å². The van der Waals surface area contributed by atoms with Gasteiger partial charge in [0.2, 0.25) is 5.91 Å². The smallest absolute Gasteiger partial charge is 0.328 e. The SMILES string of the molecule is CC[C@H](C)[C@H](NC(=O)[C@]12CCC(C)(C)C[C@H]1C1=CC[C@@H]3[C@@]4(C)CCC(=O)C(C)(C)[C@@H]4CC[C@@]3(C)[C@]1(C)CC2)C(=O)OC. The molecule has 0 aromatic heterocycles. The van der Waals surface area contributed by atoms with Crippen molar-refractivity contribution in [2.75, 3.05) is 7.11 Å². The predicted molar refractivity (Wildman–Crippen MR) is 167 cm³/mol. The van der Waals surface area contributed by atoms with Crippen molar-refractivity contribution in [2.24, 2.45) is 56.2 Å². The first-order valence-corrected chi connectivity index (χ1v) is 17.1. The van der Waals surface area contributed by atoms with Crippen LogP contribution in [0.1, 0.15) is 133 Å². The molecule has 1 amide bonds. The predicted octanol–water partition coefficient (Wildman–Crippen LogP) is 8.06. The minimum Gasteiger partial charge on any atom is -0.467 e. The van der Waals surface area contributed by atoms with E-state index in [1.165, 1.54) is 12.7 Å². The van der Waals surface area contributed by atoms with E-state index in [9.17, 15) is 14.4 Å². The van der Waals surface area contributed by atoms with Crippen LogP contribution in [-0.2, 0) is 19.1 Å². The number of hydrogen-bond donors (Lipinski definition) is 1. The molecular weight excluding hydrogens is 522 g/mol. The maximum absolute atomic E-state index is 14.5. The number of nitrogens with one attached hydrogen (secondary N) is 1. The summed E-state index contributed by atoms with van der Waals surface area (Å²) in [4.78, 5) is 40.4. The molecule has 0 heterocycles. The lowest BCUT2D eigenvalue weighted by Crippen LogP contribution is -2.65. The number of rotatable bonds is 5. The highest BCUT2D eigenvalue weighted by atomic mass is 16.5. The van der Waals surface area contributed by atoms with Crippen LogP contribution in [0, 0.1) is 56.2 Å². The third-order valence-corrected chi connectivity index (χ3v) is 14.8. The number of fused-ring (bicyclic) bond motifs is 7. The summed E-state index contributed by atoms with van der Waals surface area (Å²) in [5, 5.41) is 3.26. The summed E-state index contributed by atoms with van der Waals surface area (Å²) in [5.74, 6) is 1.35. The Hall–Kier alpha value is -1.65. The van der Waals surface area contributed by atoms with Crippen molar-refractivity contribution < 1.29 is 19.1 Å². The monoisotopic (exact) mass is 581 g/mol. The Balaban J connectivity index is 1.55. The van der Waals surface area contributed by atoms with Gasteiger partial charge in [-0.25, -0.2) is 4.79 Å². The highest BCUT2D eigenvalue weighted by Gasteiger charge is 2.69. The first kappa shape index (κ1) is 31.8. The Morgan fingerprint density at radius 3 is 2.29 bits per heavy atom. The van der Waals surface area contributed by atoms with Crippen LogP contribution < -0.4 is 5.32 Å². The van der Waals surface area contributed by atoms with Crippen molar-refractivity contribution in [2.45, 2.75) is 139 Å². The van der Waals surface area contributed by atoms with Crippen LogP contribution in [0.15, 0.2) is 11.6 Å². The molecule has 0 spiro atoms. The minimum absolute atomic E-state index is 0.0151. The van der Waals surface area contributed by atoms with Crippen molar-refractivity contribution in [1.82, 2.24) is 5.32 Å². The molecule has 9 atom stereocenters. The third kappa shape index (κ3) is 4.31. The first-order valence-electron chi connectivity index (χ1n) is 17.1. The summed E-state index contributed by atoms with van der Waals surface area (Å²) >= 11 is 0. The molecule has 0 radical (unpaired) electrons. The molecule has 0 aliphatic heterocycles. The molecule has 4 fully saturated rings. The summed E-state index contributed by atoms with van der Waals surface area (Å²) in [6, 6.07) is -0.611. The van der Waals surface area contributed by atoms with Gasteiger partial charge in [0, 0.05) is 11.8 Å². The van der Waals surface area contributed by atoms with Crippen LogP contribution in [0.3, 0.4) is 0 Å². The molecule has 236 valence electrons. The summed E-state index contributed by atoms with van der Waals surface area (Å²) < 4.78 is 5.15. The quantitative estimate of drug-likeness (QED) is 0.263. The molecule has 1 N–H and O–H groups in total. The number of carbonyl (C=O) groups is 3. The van der Waals surface area contributed by atoms with Crippen LogP contribution >= 0.6 is 0 Å². The largest absolute Gasteiger partial charge is 0.467 e. The number of methoxy groups -OCH3 is 1. The molecule has 5 nitrogen and oxygen atoms in total. The fourth-order valence-electron chi connectivity index (χ4n) is 11.5. The molecule has 4 saturated carbocycles. The highest BCUT2D eigenvalue weighted by molar-refractivity contribution is 5.89. The van der Waals surface area contributed by atoms with Gasteiger partial charge in [-0.3, -0.25) is 9.59 Å². The van der Waals surface area contributed by atoms with Gasteiger partial charge in [-0.05, 0) is 103 Å². The average molecular weight is 582 g/mol. The van der Waals surface area contributed by atoms with Gasteiger partial charge < -0.3 is 10.1 Å². The molecule has 0 unspecified atom stereocenters. The molecule has 0 bridgehead atoms. The van der Waals surface area contributed by atoms with Gasteiger partial charge in [-0.1, -0.05) is 80.4 Å². The minimum atomic E-state index is -0.611. The fourth-order valence-corrected chi connectivity index (χ4v) is 11.5. The number of hydrogen-bond acceptors (Lipinski definition) is 4. The summed E-state index contributed by atoms with van der Waals surface area (Å²) in [5.41, 5.74) is 1.27. The van der Waals surface area contributed by atoms with Crippen molar-refractivity contribution >= 4 is 17.7 Å². The van der Waals surface area contributed by atoms with Crippen molar-refractivity contribution in [3.05, 3.63) is 11.6 Å². The Labute approximate surface area is 255 Å². The van der Waals surface area contributed by atoms with E-state index in [0.717, 1.165) is 64.2 Å². The zero-order chi connectivity index (χ0) is 31.1. The van der Waals surface area contributed by atoms with E-state index < -0.39 is 11.5 Å². The van der Waals surface area contributed by atoms with E-state index >= 15 is 0 Å². The Kier molecular flexibility index (Phi) is 7.71. The molecule has 5 aliphatic rings. The van der Waals surface area contributed by atoms with Crippen molar-refractivity contribution in [3.63, 3.8) is 0 Å². The fraction of sp³-hybridized carbons (Fsp3) is 0.865. The number of Topliss-reactive ketones (excluding diaryl/α,β-unsaturated/α-hetero) is 1. The molecule has 42 heavy (non-hydrogen) atoms. The van der Waals surface area contributed by atoms with Crippen LogP contribution in [-0.4, -0.2) is 30.8 Å². The van der Waals surface area contributed by atoms with Crippen LogP contribution in [0.5, 0.6) is 0 Å². The lowest BCUT2D eigenvalue weighted by atomic mass is 9.33. The molecule has 0 aromatic rings. The van der Waals surface area contributed by atoms with Gasteiger partial charge in [0.05, 0.1) is 12.5 Å². The third-order valence-electron chi connectivity index (χ3n) is 14.8. The van der Waals surface area contributed by atoms with Crippen LogP contribution in [0.25, 0.3) is 0 Å². The molecule has 5 rings (SSSR count). The second-order valence-corrected chi connectivity index (χ2v) is 17.4. The number of ether oxygens (including phenoxy) is 1. The van der Waals surface area contributed by atoms with E-state index in [2.05, 4.69) is 66.8 Å². The number of allylic oxidation sites excluding steroid dienone is 2. The average Bonchev–Trinajstić information content (AvgIpc) is 2.93. The molecule has 5 aliphatic carbocycles. The van der Waals surface area contributed by atoms with Crippen LogP contribution in [0.4, 0.5) is 0 Å². The van der Waals surface area contributed by atoms with E-state index in [0.29, 0.717) is 24.0 Å². The standard InChI is InChI=1S/C37H59NO4/c1-11-23(2)29(30(40)42-10)38-31(41)37-20-18-32(3,4)22-25(37)24-12-13-27-34(7)16-15-28(39)33(5,6)26(34)14-17-36(27,9)35(24,8)19-21-37/h12,23,25-27,29H,11,13-22H2,1-10H3,(H,38,41)/t23-,25-,26-,27+,29-,34-,35+,36+,37-/m0/s1. The van der Waals surface area contributed by atoms with Crippen molar-refractivity contribution in [3.8, 4) is 0 Å². The second-order valence-electron chi connectivity index (χ2n) is 17.4. The highest BCUT2D eigenvalue weighted by Crippen LogP contribution is 2.75. The Morgan fingerprint density at radius 1 is 0.976 bits per heavy atom. The Morgan fingerprint density at radius 2 is 1.64 bits per heavy atom. The van der Waals surface area contributed by atoms with E-state index in [-0.39, 0.29) is 50.8 Å². The summed E-state index contributed by atoms with van der Waals surface area (Å²) in [6.45, 7) is 20.9. The molecule has 0 aromatic carbocycles. The van der Waals surface area contributed by atoms with Gasteiger partial charge in [-0.2, -0.15) is 0 Å². The van der Waals surface area contributed by atoms with Crippen molar-refractivity contribution in [1.29, 1.82) is 0 Å². The van der Waals surface area contributed by atoms with Gasteiger partial charge in [-0.15, -0.1) is 0 Å². The van der Waals surface area contributed by atoms with E-state index in [4.69, 9.17) is 4.74 Å². The molecular formula is C37H59NO4. The molecule has 0 saturated heterocycles. The van der Waals surface area contributed by atoms with Crippen LogP contribution in [0.2, 0.25) is 0 Å². The normalized spacial score (nSPS) is 43.3. The maximum atomic E-state index is 14.5. The summed E-state index contributed by atoms with van der Waals surface area (Å²) in [7, 11) is 1.42. The number of ketones is 1. The number of carbonyl (C=O) groups excluding carboxylic acids is 3. The molecule has 5 heteroatoms. The maximum Gasteiger partial charge on any atom is 0.328 e. The van der Waals surface area contributed by atoms with Gasteiger partial charge in [0.1, 0.15) is 11.8 Å². The number of esters is 1. The van der Waals surface area contributed by atoms with Gasteiger partial charge in [0.15, 0.2) is 0 Å². The van der Waals surface area contributed by atoms with Gasteiger partial charge in [0.25, 0.3) is 0 Å².